The average Bonchev–Trinajstić information content (AvgIpc) is 2.54. The zero-order chi connectivity index (χ0) is 23.0. The van der Waals surface area contributed by atoms with E-state index >= 15 is 0 Å². The molecule has 0 fully saturated rings. The third kappa shape index (κ3) is 25.5. The number of hydrogen-bond donors (Lipinski definition) is 1. The molecule has 21 heteroatoms. The second-order valence-corrected chi connectivity index (χ2v) is 5.46. The van der Waals surface area contributed by atoms with Crippen molar-refractivity contribution >= 4 is 21.7 Å². The summed E-state index contributed by atoms with van der Waals surface area (Å²) < 4.78 is 27.2. The first-order valence-electron chi connectivity index (χ1n) is 6.33. The minimum Gasteiger partial charge on any atom is -0.399 e. The van der Waals surface area contributed by atoms with Gasteiger partial charge < -0.3 is 61.7 Å². The quantitative estimate of drug-likeness (QED) is 0.202. The van der Waals surface area contributed by atoms with E-state index in [1.54, 1.807) is 6.07 Å². The third-order valence-electron chi connectivity index (χ3n) is 1.93. The van der Waals surface area contributed by atoms with E-state index in [2.05, 4.69) is 14.7 Å². The van der Waals surface area contributed by atoms with E-state index in [0.29, 0.717) is 5.69 Å². The van der Waals surface area contributed by atoms with Gasteiger partial charge in [-0.2, -0.15) is 0 Å². The summed E-state index contributed by atoms with van der Waals surface area (Å²) in [6.07, 6.45) is 2.84. The van der Waals surface area contributed by atoms with Gasteiger partial charge in [-0.15, -0.1) is 0 Å². The summed E-state index contributed by atoms with van der Waals surface area (Å²) in [5.74, 6) is -0.0932. The molecule has 31 heavy (non-hydrogen) atoms. The molecule has 0 spiro atoms. The molecule has 1 radical (unpaired) electrons. The van der Waals surface area contributed by atoms with Crippen LogP contribution in [0.3, 0.4) is 0 Å². The van der Waals surface area contributed by atoms with Crippen LogP contribution in [0.25, 0.3) is 4.72 Å². The summed E-state index contributed by atoms with van der Waals surface area (Å²) in [5, 5.41) is 44.2. The van der Waals surface area contributed by atoms with Gasteiger partial charge in [0.2, 0.25) is 10.0 Å². The molecule has 0 unspecified atom stereocenters. The zero-order valence-corrected chi connectivity index (χ0v) is 19.9. The van der Waals surface area contributed by atoms with Crippen LogP contribution in [-0.2, 0) is 32.4 Å². The Morgan fingerprint density at radius 2 is 1.13 bits per heavy atom. The van der Waals surface area contributed by atoms with Crippen molar-refractivity contribution < 1.29 is 87.8 Å². The van der Waals surface area contributed by atoms with Gasteiger partial charge >= 0.3 is 64.1 Å². The Morgan fingerprint density at radius 3 is 1.45 bits per heavy atom. The molecule has 1 aromatic heterocycles. The molecule has 2 N–H and O–H groups in total. The standard InChI is InChI=1S/C10H9N4O2S.Ag.Ce.3NO3/c11-8-2-4-9(5-3-8)17(15,16)14-10-12-6-1-7-13-10;;;3*2-1(3)4/h1-7H,11H2;;;;;/q-1;+1;+3;3*-1. The van der Waals surface area contributed by atoms with E-state index in [-0.39, 0.29) is 75.0 Å². The Labute approximate surface area is 221 Å². The molecule has 171 valence electrons. The molecule has 0 saturated carbocycles. The summed E-state index contributed by atoms with van der Waals surface area (Å²) in [6.45, 7) is 0. The monoisotopic (exact) mass is 682 g/mol. The number of sulfonamides is 1. The van der Waals surface area contributed by atoms with Crippen LogP contribution in [0.15, 0.2) is 47.6 Å². The first kappa shape index (κ1) is 36.0. The van der Waals surface area contributed by atoms with Crippen LogP contribution in [0.2, 0.25) is 0 Å². The van der Waals surface area contributed by atoms with Gasteiger partial charge in [0.25, 0.3) is 0 Å². The molecular formula is C10H9AgCeN7O11S. The van der Waals surface area contributed by atoms with Gasteiger partial charge in [-0.1, -0.05) is 6.07 Å². The molecule has 0 aliphatic rings. The van der Waals surface area contributed by atoms with Gasteiger partial charge in [-0.3, -0.25) is 4.72 Å². The smallest absolute Gasteiger partial charge is 0.399 e. The number of anilines is 1. The number of benzene rings is 1. The van der Waals surface area contributed by atoms with Gasteiger partial charge in [0, 0.05) is 11.6 Å². The summed E-state index contributed by atoms with van der Waals surface area (Å²) >= 11 is 0. The topological polar surface area (TPSA) is 299 Å². The first-order valence-corrected chi connectivity index (χ1v) is 7.77. The molecule has 0 saturated heterocycles. The number of nitrogens with two attached hydrogens (primary N) is 1. The summed E-state index contributed by atoms with van der Waals surface area (Å²) in [6, 6.07) is 7.34. The average molecular weight is 683 g/mol. The molecule has 2 aromatic rings. The van der Waals surface area contributed by atoms with Crippen molar-refractivity contribution in [3.63, 3.8) is 0 Å². The predicted octanol–water partition coefficient (Wildman–Crippen LogP) is 0.733. The fraction of sp³-hybridized carbons (Fsp3) is 0. The van der Waals surface area contributed by atoms with Crippen LogP contribution in [0, 0.1) is 87.7 Å². The van der Waals surface area contributed by atoms with Crippen molar-refractivity contribution in [3.8, 4) is 0 Å². The van der Waals surface area contributed by atoms with E-state index in [0.717, 1.165) is 0 Å². The fourth-order valence-electron chi connectivity index (χ4n) is 1.14. The fourth-order valence-corrected chi connectivity index (χ4v) is 2.03. The minimum absolute atomic E-state index is 0. The number of nitrogen functional groups attached to an aromatic ring is 1. The van der Waals surface area contributed by atoms with Crippen LogP contribution >= 0.6 is 0 Å². The summed E-state index contributed by atoms with van der Waals surface area (Å²) in [5.41, 5.74) is 5.96. The molecule has 0 aliphatic heterocycles. The zero-order valence-electron chi connectivity index (χ0n) is 14.5. The van der Waals surface area contributed by atoms with E-state index < -0.39 is 25.3 Å². The number of aromatic nitrogens is 2. The molecule has 1 heterocycles. The van der Waals surface area contributed by atoms with Crippen molar-refractivity contribution in [1.82, 2.24) is 9.97 Å². The van der Waals surface area contributed by atoms with Crippen molar-refractivity contribution in [3.05, 3.63) is 93.4 Å². The Hall–Kier alpha value is -2.43. The molecule has 1 aromatic carbocycles. The van der Waals surface area contributed by atoms with Crippen molar-refractivity contribution in [2.24, 2.45) is 0 Å². The Balaban J connectivity index is -0.000000219. The van der Waals surface area contributed by atoms with E-state index in [4.69, 9.17) is 51.7 Å². The minimum atomic E-state index is -3.79. The van der Waals surface area contributed by atoms with Gasteiger partial charge in [0.15, 0.2) is 0 Å². The van der Waals surface area contributed by atoms with Crippen molar-refractivity contribution in [2.75, 3.05) is 5.73 Å². The second-order valence-electron chi connectivity index (χ2n) is 3.86. The van der Waals surface area contributed by atoms with E-state index in [1.165, 1.54) is 36.7 Å². The normalized spacial score (nSPS) is 8.39. The number of rotatable bonds is 3. The number of nitrogens with zero attached hydrogens (tertiary/aromatic N) is 6. The maximum atomic E-state index is 11.8. The van der Waals surface area contributed by atoms with Crippen LogP contribution in [0.5, 0.6) is 0 Å². The Morgan fingerprint density at radius 1 is 0.806 bits per heavy atom. The second kappa shape index (κ2) is 19.5. The molecule has 2 rings (SSSR count). The Bertz CT molecular complexity index is 849. The van der Waals surface area contributed by atoms with E-state index in [9.17, 15) is 8.42 Å². The predicted molar refractivity (Wildman–Crippen MR) is 94.2 cm³/mol. The maximum absolute atomic E-state index is 11.8. The van der Waals surface area contributed by atoms with Crippen LogP contribution in [-0.4, -0.2) is 33.6 Å². The van der Waals surface area contributed by atoms with E-state index in [1.807, 2.05) is 0 Å². The maximum Gasteiger partial charge on any atom is 3.00 e. The van der Waals surface area contributed by atoms with Crippen molar-refractivity contribution in [2.45, 2.75) is 4.90 Å². The Kier molecular flexibility index (Phi) is 22.7. The van der Waals surface area contributed by atoms with Gasteiger partial charge in [0.05, 0.1) is 20.2 Å². The molecule has 0 bridgehead atoms. The summed E-state index contributed by atoms with van der Waals surface area (Å²) in [4.78, 5) is 32.3. The molecule has 0 atom stereocenters. The first-order chi connectivity index (χ1) is 13.3. The molecule has 18 nitrogen and oxygen atoms in total. The third-order valence-corrected chi connectivity index (χ3v) is 3.20. The molecule has 0 aliphatic carbocycles. The number of hydrogen-bond acceptors (Lipinski definition) is 14. The van der Waals surface area contributed by atoms with Gasteiger partial charge in [0.1, 0.15) is 0 Å². The molecule has 0 amide bonds. The van der Waals surface area contributed by atoms with Crippen molar-refractivity contribution in [1.29, 1.82) is 0 Å². The van der Waals surface area contributed by atoms with Crippen LogP contribution in [0.4, 0.5) is 11.6 Å². The van der Waals surface area contributed by atoms with Crippen LogP contribution < -0.4 is 5.73 Å². The SMILES string of the molecule is Nc1ccc(S(=O)(=O)[N-]c2ncccn2)cc1.O=[N+]([O-])[O-].O=[N+]([O-])[O-].O=[N+]([O-])[O-].[Ag+].[Ce+3]. The largest absolute Gasteiger partial charge is 3.00 e. The van der Waals surface area contributed by atoms with Gasteiger partial charge in [-0.25, -0.2) is 8.42 Å². The molecular weight excluding hydrogens is 674 g/mol. The summed E-state index contributed by atoms with van der Waals surface area (Å²) in [7, 11) is -3.79. The van der Waals surface area contributed by atoms with Gasteiger partial charge in [-0.05, 0) is 36.7 Å². The van der Waals surface area contributed by atoms with Crippen LogP contribution in [0.1, 0.15) is 0 Å².